The fraction of sp³-hybridized carbons (Fsp3) is 0.278. The molecule has 0 aliphatic carbocycles. The highest BCUT2D eigenvalue weighted by molar-refractivity contribution is 7.89. The van der Waals surface area contributed by atoms with Crippen LogP contribution in [-0.2, 0) is 14.8 Å². The zero-order chi connectivity index (χ0) is 20.1. The van der Waals surface area contributed by atoms with Crippen molar-refractivity contribution in [3.05, 3.63) is 63.7 Å². The summed E-state index contributed by atoms with van der Waals surface area (Å²) in [6.45, 7) is 4.03. The average Bonchev–Trinajstić information content (AvgIpc) is 2.69. The first kappa shape index (κ1) is 19.8. The van der Waals surface area contributed by atoms with Crippen LogP contribution in [0.5, 0.6) is 0 Å². The van der Waals surface area contributed by atoms with E-state index in [1.165, 1.54) is 24.4 Å². The number of benzene rings is 2. The van der Waals surface area contributed by atoms with E-state index in [-0.39, 0.29) is 10.6 Å². The molecule has 28 heavy (non-hydrogen) atoms. The van der Waals surface area contributed by atoms with Gasteiger partial charge in [-0.2, -0.15) is 13.5 Å². The minimum atomic E-state index is -3.80. The van der Waals surface area contributed by atoms with E-state index in [2.05, 4.69) is 9.93 Å². The molecule has 1 saturated heterocycles. The van der Waals surface area contributed by atoms with Crippen LogP contribution in [0.15, 0.2) is 52.5 Å². The minimum absolute atomic E-state index is 0.0627. The van der Waals surface area contributed by atoms with Crippen LogP contribution in [0, 0.1) is 17.0 Å². The normalized spacial score (nSPS) is 15.0. The van der Waals surface area contributed by atoms with Crippen molar-refractivity contribution in [1.29, 1.82) is 0 Å². The molecular weight excluding hydrogens is 384 g/mol. The molecule has 1 heterocycles. The summed E-state index contributed by atoms with van der Waals surface area (Å²) in [6, 6.07) is 11.0. The topological polar surface area (TPSA) is 114 Å². The molecule has 148 valence electrons. The Bertz CT molecular complexity index is 984. The van der Waals surface area contributed by atoms with E-state index < -0.39 is 14.9 Å². The molecule has 9 nitrogen and oxygen atoms in total. The van der Waals surface area contributed by atoms with Crippen molar-refractivity contribution in [2.45, 2.75) is 11.8 Å². The van der Waals surface area contributed by atoms with Gasteiger partial charge in [0, 0.05) is 24.7 Å². The van der Waals surface area contributed by atoms with Gasteiger partial charge in [-0.15, -0.1) is 0 Å². The summed E-state index contributed by atoms with van der Waals surface area (Å²) in [4.78, 5) is 15.1. The molecule has 2 aromatic rings. The van der Waals surface area contributed by atoms with Crippen LogP contribution in [0.3, 0.4) is 0 Å². The van der Waals surface area contributed by atoms with Gasteiger partial charge in [0.05, 0.1) is 29.2 Å². The van der Waals surface area contributed by atoms with E-state index in [0.29, 0.717) is 37.6 Å². The number of anilines is 1. The van der Waals surface area contributed by atoms with Crippen molar-refractivity contribution in [1.82, 2.24) is 4.83 Å². The molecule has 0 aromatic heterocycles. The molecule has 3 rings (SSSR count). The number of morpholine rings is 1. The first-order valence-corrected chi connectivity index (χ1v) is 10.1. The molecule has 0 bridgehead atoms. The Labute approximate surface area is 162 Å². The van der Waals surface area contributed by atoms with E-state index in [1.807, 2.05) is 11.8 Å². The van der Waals surface area contributed by atoms with Crippen LogP contribution in [0.2, 0.25) is 0 Å². The van der Waals surface area contributed by atoms with Gasteiger partial charge in [-0.3, -0.25) is 10.1 Å². The molecule has 0 saturated carbocycles. The third-order valence-corrected chi connectivity index (χ3v) is 5.50. The second-order valence-corrected chi connectivity index (χ2v) is 7.93. The third-order valence-electron chi connectivity index (χ3n) is 4.27. The molecule has 0 atom stereocenters. The van der Waals surface area contributed by atoms with Crippen LogP contribution in [0.4, 0.5) is 11.4 Å². The summed E-state index contributed by atoms with van der Waals surface area (Å²) < 4.78 is 29.7. The second-order valence-electron chi connectivity index (χ2n) is 6.27. The second kappa shape index (κ2) is 8.36. The maximum atomic E-state index is 12.2. The van der Waals surface area contributed by atoms with Crippen LogP contribution in [-0.4, -0.2) is 45.9 Å². The standard InChI is InChI=1S/C18H20N4O5S/c1-14-2-5-16(6-3-14)28(25,26)20-19-13-15-4-7-17(18(12-15)22(23)24)21-8-10-27-11-9-21/h2-7,12-13,20H,8-11H2,1H3/b19-13-. The number of rotatable bonds is 6. The highest BCUT2D eigenvalue weighted by Gasteiger charge is 2.21. The Morgan fingerprint density at radius 2 is 1.86 bits per heavy atom. The Morgan fingerprint density at radius 1 is 1.18 bits per heavy atom. The molecule has 1 N–H and O–H groups in total. The number of nitro benzene ring substituents is 1. The molecular formula is C18H20N4O5S. The lowest BCUT2D eigenvalue weighted by molar-refractivity contribution is -0.384. The number of nitrogens with zero attached hydrogens (tertiary/aromatic N) is 3. The molecule has 1 fully saturated rings. The number of hydrogen-bond donors (Lipinski definition) is 1. The van der Waals surface area contributed by atoms with Crippen LogP contribution in [0.25, 0.3) is 0 Å². The molecule has 0 unspecified atom stereocenters. The van der Waals surface area contributed by atoms with Gasteiger partial charge in [-0.05, 0) is 25.1 Å². The lowest BCUT2D eigenvalue weighted by Gasteiger charge is -2.28. The average molecular weight is 404 g/mol. The summed E-state index contributed by atoms with van der Waals surface area (Å²) in [5.41, 5.74) is 1.79. The molecule has 0 radical (unpaired) electrons. The maximum absolute atomic E-state index is 12.2. The van der Waals surface area contributed by atoms with Gasteiger partial charge in [-0.1, -0.05) is 23.8 Å². The van der Waals surface area contributed by atoms with Gasteiger partial charge >= 0.3 is 0 Å². The number of aryl methyl sites for hydroxylation is 1. The monoisotopic (exact) mass is 404 g/mol. The zero-order valence-corrected chi connectivity index (χ0v) is 16.1. The number of hydrazone groups is 1. The first-order chi connectivity index (χ1) is 13.4. The van der Waals surface area contributed by atoms with Gasteiger partial charge in [0.2, 0.25) is 0 Å². The van der Waals surface area contributed by atoms with Gasteiger partial charge in [0.1, 0.15) is 5.69 Å². The quantitative estimate of drug-likeness (QED) is 0.448. The number of ether oxygens (including phenoxy) is 1. The fourth-order valence-electron chi connectivity index (χ4n) is 2.78. The summed E-state index contributed by atoms with van der Waals surface area (Å²) in [5, 5.41) is 15.2. The summed E-state index contributed by atoms with van der Waals surface area (Å²) in [6.07, 6.45) is 1.24. The molecule has 2 aromatic carbocycles. The Hall–Kier alpha value is -2.98. The Morgan fingerprint density at radius 3 is 2.50 bits per heavy atom. The van der Waals surface area contributed by atoms with Crippen molar-refractivity contribution in [3.63, 3.8) is 0 Å². The SMILES string of the molecule is Cc1ccc(S(=O)(=O)N/N=C\c2ccc(N3CCOCC3)c([N+](=O)[O-])c2)cc1. The van der Waals surface area contributed by atoms with Crippen LogP contribution < -0.4 is 9.73 Å². The summed E-state index contributed by atoms with van der Waals surface area (Å²) in [7, 11) is -3.80. The van der Waals surface area contributed by atoms with Gasteiger partial charge < -0.3 is 9.64 Å². The Kier molecular flexibility index (Phi) is 5.90. The van der Waals surface area contributed by atoms with E-state index in [0.717, 1.165) is 5.56 Å². The van der Waals surface area contributed by atoms with Crippen molar-refractivity contribution in [2.75, 3.05) is 31.2 Å². The van der Waals surface area contributed by atoms with Crippen LogP contribution >= 0.6 is 0 Å². The lowest BCUT2D eigenvalue weighted by Crippen LogP contribution is -2.36. The van der Waals surface area contributed by atoms with Crippen molar-refractivity contribution in [3.8, 4) is 0 Å². The zero-order valence-electron chi connectivity index (χ0n) is 15.2. The van der Waals surface area contributed by atoms with Gasteiger partial charge in [0.25, 0.3) is 15.7 Å². The highest BCUT2D eigenvalue weighted by Crippen LogP contribution is 2.29. The van der Waals surface area contributed by atoms with E-state index in [9.17, 15) is 18.5 Å². The molecule has 1 aliphatic heterocycles. The molecule has 0 spiro atoms. The van der Waals surface area contributed by atoms with Crippen molar-refractivity contribution >= 4 is 27.6 Å². The van der Waals surface area contributed by atoms with E-state index in [4.69, 9.17) is 4.74 Å². The van der Waals surface area contributed by atoms with Gasteiger partial charge in [-0.25, -0.2) is 4.83 Å². The molecule has 1 aliphatic rings. The number of hydrogen-bond acceptors (Lipinski definition) is 7. The first-order valence-electron chi connectivity index (χ1n) is 8.59. The van der Waals surface area contributed by atoms with Gasteiger partial charge in [0.15, 0.2) is 0 Å². The molecule has 10 heteroatoms. The number of nitro groups is 1. The number of sulfonamides is 1. The summed E-state index contributed by atoms with van der Waals surface area (Å²) >= 11 is 0. The minimum Gasteiger partial charge on any atom is -0.378 e. The Balaban J connectivity index is 1.77. The van der Waals surface area contributed by atoms with Crippen LogP contribution in [0.1, 0.15) is 11.1 Å². The van der Waals surface area contributed by atoms with E-state index >= 15 is 0 Å². The van der Waals surface area contributed by atoms with Crippen molar-refractivity contribution in [2.24, 2.45) is 5.10 Å². The lowest BCUT2D eigenvalue weighted by atomic mass is 10.1. The third kappa shape index (κ3) is 4.65. The number of nitrogens with one attached hydrogen (secondary N) is 1. The highest BCUT2D eigenvalue weighted by atomic mass is 32.2. The fourth-order valence-corrected chi connectivity index (χ4v) is 3.57. The summed E-state index contributed by atoms with van der Waals surface area (Å²) in [5.74, 6) is 0. The molecule has 0 amide bonds. The predicted octanol–water partition coefficient (Wildman–Crippen LogP) is 2.05. The van der Waals surface area contributed by atoms with Crippen molar-refractivity contribution < 1.29 is 18.1 Å². The predicted molar refractivity (Wildman–Crippen MR) is 105 cm³/mol. The smallest absolute Gasteiger partial charge is 0.293 e. The van der Waals surface area contributed by atoms with E-state index in [1.54, 1.807) is 24.3 Å². The largest absolute Gasteiger partial charge is 0.378 e. The maximum Gasteiger partial charge on any atom is 0.293 e.